The predicted octanol–water partition coefficient (Wildman–Crippen LogP) is 0.776. The maximum Gasteiger partial charge on any atom is 0.326 e. The molecule has 1 fully saturated rings. The minimum atomic E-state index is -0.929. The highest BCUT2D eigenvalue weighted by atomic mass is 16.5. The molecule has 0 radical (unpaired) electrons. The molecule has 1 saturated heterocycles. The van der Waals surface area contributed by atoms with Gasteiger partial charge in [-0.1, -0.05) is 5.16 Å². The molecule has 0 aromatic carbocycles. The van der Waals surface area contributed by atoms with Crippen LogP contribution < -0.4 is 0 Å². The van der Waals surface area contributed by atoms with Gasteiger partial charge in [-0.15, -0.1) is 0 Å². The van der Waals surface area contributed by atoms with Gasteiger partial charge in [-0.25, -0.2) is 4.79 Å². The minimum Gasteiger partial charge on any atom is -0.480 e. The SMILES string of the molecule is Cc1noc(CCC(=O)N2CCCC[C@H]2C(=O)O)n1. The van der Waals surface area contributed by atoms with Crippen LogP contribution in [0.2, 0.25) is 0 Å². The van der Waals surface area contributed by atoms with E-state index >= 15 is 0 Å². The molecular weight excluding hydrogens is 250 g/mol. The largest absolute Gasteiger partial charge is 0.480 e. The molecule has 1 aliphatic heterocycles. The molecule has 1 aliphatic rings. The zero-order valence-corrected chi connectivity index (χ0v) is 10.8. The number of likely N-dealkylation sites (tertiary alicyclic amines) is 1. The van der Waals surface area contributed by atoms with Gasteiger partial charge in [-0.2, -0.15) is 4.98 Å². The number of amides is 1. The van der Waals surface area contributed by atoms with Crippen LogP contribution in [0.4, 0.5) is 0 Å². The third-order valence-corrected chi connectivity index (χ3v) is 3.23. The van der Waals surface area contributed by atoms with Gasteiger partial charge in [0, 0.05) is 19.4 Å². The van der Waals surface area contributed by atoms with Gasteiger partial charge in [0.2, 0.25) is 11.8 Å². The van der Waals surface area contributed by atoms with Crippen molar-refractivity contribution in [3.05, 3.63) is 11.7 Å². The predicted molar refractivity (Wildman–Crippen MR) is 64.3 cm³/mol. The zero-order chi connectivity index (χ0) is 13.8. The molecule has 1 aromatic heterocycles. The standard InChI is InChI=1S/C12H17N3O4/c1-8-13-10(19-14-8)5-6-11(16)15-7-3-2-4-9(15)12(17)18/h9H,2-7H2,1H3,(H,17,18)/t9-/m0/s1. The molecule has 7 heteroatoms. The smallest absolute Gasteiger partial charge is 0.326 e. The fourth-order valence-electron chi connectivity index (χ4n) is 2.29. The Labute approximate surface area is 110 Å². The van der Waals surface area contributed by atoms with Crippen LogP contribution in [0.25, 0.3) is 0 Å². The number of aliphatic carboxylic acids is 1. The van der Waals surface area contributed by atoms with Crippen molar-refractivity contribution in [2.75, 3.05) is 6.54 Å². The molecule has 1 N–H and O–H groups in total. The van der Waals surface area contributed by atoms with Crippen molar-refractivity contribution in [1.82, 2.24) is 15.0 Å². The van der Waals surface area contributed by atoms with E-state index in [2.05, 4.69) is 10.1 Å². The van der Waals surface area contributed by atoms with Crippen molar-refractivity contribution in [2.24, 2.45) is 0 Å². The number of rotatable bonds is 4. The summed E-state index contributed by atoms with van der Waals surface area (Å²) >= 11 is 0. The number of hydrogen-bond acceptors (Lipinski definition) is 5. The highest BCUT2D eigenvalue weighted by Crippen LogP contribution is 2.18. The first-order chi connectivity index (χ1) is 9.08. The Morgan fingerprint density at radius 3 is 2.89 bits per heavy atom. The molecule has 2 heterocycles. The van der Waals surface area contributed by atoms with Gasteiger partial charge in [-0.05, 0) is 26.2 Å². The van der Waals surface area contributed by atoms with E-state index in [-0.39, 0.29) is 12.3 Å². The van der Waals surface area contributed by atoms with E-state index < -0.39 is 12.0 Å². The molecule has 2 rings (SSSR count). The molecule has 0 aliphatic carbocycles. The lowest BCUT2D eigenvalue weighted by molar-refractivity contribution is -0.152. The molecule has 1 aromatic rings. The van der Waals surface area contributed by atoms with Gasteiger partial charge in [0.25, 0.3) is 0 Å². The normalized spacial score (nSPS) is 19.4. The monoisotopic (exact) mass is 267 g/mol. The van der Waals surface area contributed by atoms with E-state index in [9.17, 15) is 9.59 Å². The molecule has 0 bridgehead atoms. The molecule has 0 spiro atoms. The fraction of sp³-hybridized carbons (Fsp3) is 0.667. The van der Waals surface area contributed by atoms with Crippen molar-refractivity contribution in [2.45, 2.75) is 45.1 Å². The number of aryl methyl sites for hydroxylation is 2. The second-order valence-corrected chi connectivity index (χ2v) is 4.67. The van der Waals surface area contributed by atoms with Crippen molar-refractivity contribution in [1.29, 1.82) is 0 Å². The summed E-state index contributed by atoms with van der Waals surface area (Å²) in [6, 6.07) is -0.689. The lowest BCUT2D eigenvalue weighted by Crippen LogP contribution is -2.48. The van der Waals surface area contributed by atoms with Crippen molar-refractivity contribution in [3.8, 4) is 0 Å². The van der Waals surface area contributed by atoms with Crippen molar-refractivity contribution >= 4 is 11.9 Å². The van der Waals surface area contributed by atoms with Crippen LogP contribution in [0.5, 0.6) is 0 Å². The van der Waals surface area contributed by atoms with Gasteiger partial charge in [0.15, 0.2) is 5.82 Å². The number of carboxylic acid groups (broad SMARTS) is 1. The molecule has 104 valence electrons. The summed E-state index contributed by atoms with van der Waals surface area (Å²) in [7, 11) is 0. The second-order valence-electron chi connectivity index (χ2n) is 4.67. The summed E-state index contributed by atoms with van der Waals surface area (Å²) in [5.74, 6) is -0.150. The lowest BCUT2D eigenvalue weighted by atomic mass is 10.0. The Morgan fingerprint density at radius 2 is 2.26 bits per heavy atom. The molecular formula is C12H17N3O4. The number of hydrogen-bond donors (Lipinski definition) is 1. The van der Waals surface area contributed by atoms with Crippen molar-refractivity contribution in [3.63, 3.8) is 0 Å². The Morgan fingerprint density at radius 1 is 1.47 bits per heavy atom. The lowest BCUT2D eigenvalue weighted by Gasteiger charge is -2.32. The van der Waals surface area contributed by atoms with Crippen LogP contribution in [0.15, 0.2) is 4.52 Å². The second kappa shape index (κ2) is 5.81. The zero-order valence-electron chi connectivity index (χ0n) is 10.8. The first kappa shape index (κ1) is 13.5. The van der Waals surface area contributed by atoms with E-state index in [1.807, 2.05) is 0 Å². The highest BCUT2D eigenvalue weighted by molar-refractivity contribution is 5.83. The number of carboxylic acids is 1. The Balaban J connectivity index is 1.92. The average molecular weight is 267 g/mol. The van der Waals surface area contributed by atoms with Gasteiger partial charge >= 0.3 is 5.97 Å². The van der Waals surface area contributed by atoms with Crippen LogP contribution in [-0.4, -0.2) is 44.6 Å². The topological polar surface area (TPSA) is 96.5 Å². The summed E-state index contributed by atoms with van der Waals surface area (Å²) in [5.41, 5.74) is 0. The first-order valence-corrected chi connectivity index (χ1v) is 6.39. The molecule has 1 atom stereocenters. The van der Waals surface area contributed by atoms with Gasteiger partial charge < -0.3 is 14.5 Å². The first-order valence-electron chi connectivity index (χ1n) is 6.39. The molecule has 0 saturated carbocycles. The quantitative estimate of drug-likeness (QED) is 0.865. The van der Waals surface area contributed by atoms with E-state index in [4.69, 9.17) is 9.63 Å². The fourth-order valence-corrected chi connectivity index (χ4v) is 2.29. The van der Waals surface area contributed by atoms with Crippen molar-refractivity contribution < 1.29 is 19.2 Å². The Kier molecular flexibility index (Phi) is 4.13. The highest BCUT2D eigenvalue weighted by Gasteiger charge is 2.31. The summed E-state index contributed by atoms with van der Waals surface area (Å²) in [6.07, 6.45) is 2.79. The molecule has 7 nitrogen and oxygen atoms in total. The van der Waals surface area contributed by atoms with Gasteiger partial charge in [-0.3, -0.25) is 4.79 Å². The van der Waals surface area contributed by atoms with E-state index in [0.29, 0.717) is 31.1 Å². The van der Waals surface area contributed by atoms with E-state index in [1.54, 1.807) is 6.92 Å². The van der Waals surface area contributed by atoms with Crippen LogP contribution >= 0.6 is 0 Å². The third kappa shape index (κ3) is 3.30. The van der Waals surface area contributed by atoms with Crippen LogP contribution in [0.3, 0.4) is 0 Å². The number of carbonyl (C=O) groups excluding carboxylic acids is 1. The summed E-state index contributed by atoms with van der Waals surface area (Å²) in [6.45, 7) is 2.22. The number of nitrogens with zero attached hydrogens (tertiary/aromatic N) is 3. The number of carbonyl (C=O) groups is 2. The van der Waals surface area contributed by atoms with Crippen LogP contribution in [-0.2, 0) is 16.0 Å². The Hall–Kier alpha value is -1.92. The van der Waals surface area contributed by atoms with Crippen LogP contribution in [0.1, 0.15) is 37.4 Å². The average Bonchev–Trinajstić information content (AvgIpc) is 2.81. The summed E-state index contributed by atoms with van der Waals surface area (Å²) in [5, 5.41) is 12.8. The van der Waals surface area contributed by atoms with Gasteiger partial charge in [0.1, 0.15) is 6.04 Å². The van der Waals surface area contributed by atoms with Crippen LogP contribution in [0, 0.1) is 6.92 Å². The molecule has 19 heavy (non-hydrogen) atoms. The summed E-state index contributed by atoms with van der Waals surface area (Å²) < 4.78 is 4.93. The number of aromatic nitrogens is 2. The molecule has 1 amide bonds. The molecule has 0 unspecified atom stereocenters. The Bertz CT molecular complexity index is 471. The third-order valence-electron chi connectivity index (χ3n) is 3.23. The van der Waals surface area contributed by atoms with E-state index in [1.165, 1.54) is 4.90 Å². The maximum atomic E-state index is 12.1. The minimum absolute atomic E-state index is 0.164. The maximum absolute atomic E-state index is 12.1. The number of piperidine rings is 1. The van der Waals surface area contributed by atoms with Gasteiger partial charge in [0.05, 0.1) is 0 Å². The summed E-state index contributed by atoms with van der Waals surface area (Å²) in [4.78, 5) is 28.6. The van der Waals surface area contributed by atoms with E-state index in [0.717, 1.165) is 12.8 Å².